The number of ketones is 1. The monoisotopic (exact) mass is 299 g/mol. The van der Waals surface area contributed by atoms with Crippen molar-refractivity contribution >= 4 is 11.7 Å². The molecule has 1 amide bonds. The van der Waals surface area contributed by atoms with Crippen LogP contribution in [-0.4, -0.2) is 67.8 Å². The number of nitrogens with zero attached hydrogens (tertiary/aromatic N) is 2. The van der Waals surface area contributed by atoms with Gasteiger partial charge < -0.3 is 10.2 Å². The first kappa shape index (κ1) is 20.1. The molecule has 21 heavy (non-hydrogen) atoms. The van der Waals surface area contributed by atoms with Crippen LogP contribution in [-0.2, 0) is 9.59 Å². The fourth-order valence-electron chi connectivity index (χ4n) is 2.25. The lowest BCUT2D eigenvalue weighted by molar-refractivity contribution is -0.128. The maximum atomic E-state index is 12.2. The molecule has 0 fully saturated rings. The Balaban J connectivity index is 4.53. The van der Waals surface area contributed by atoms with E-state index >= 15 is 0 Å². The van der Waals surface area contributed by atoms with Crippen molar-refractivity contribution in [2.24, 2.45) is 11.8 Å². The highest BCUT2D eigenvalue weighted by Gasteiger charge is 2.21. The van der Waals surface area contributed by atoms with Crippen molar-refractivity contribution in [3.63, 3.8) is 0 Å². The predicted molar refractivity (Wildman–Crippen MR) is 87.3 cm³/mol. The van der Waals surface area contributed by atoms with E-state index in [0.717, 1.165) is 19.6 Å². The molecule has 0 spiro atoms. The minimum Gasteiger partial charge on any atom is -0.345 e. The summed E-state index contributed by atoms with van der Waals surface area (Å²) in [5, 5.41) is 2.86. The fourth-order valence-corrected chi connectivity index (χ4v) is 2.25. The van der Waals surface area contributed by atoms with Crippen molar-refractivity contribution in [1.29, 1.82) is 0 Å². The first-order valence-electron chi connectivity index (χ1n) is 7.80. The van der Waals surface area contributed by atoms with Crippen molar-refractivity contribution in [2.45, 2.75) is 40.7 Å². The Morgan fingerprint density at radius 3 is 2.00 bits per heavy atom. The van der Waals surface area contributed by atoms with Gasteiger partial charge in [-0.3, -0.25) is 14.5 Å². The van der Waals surface area contributed by atoms with Gasteiger partial charge in [0.05, 0.1) is 12.6 Å². The van der Waals surface area contributed by atoms with E-state index in [4.69, 9.17) is 0 Å². The van der Waals surface area contributed by atoms with Crippen LogP contribution in [0.15, 0.2) is 0 Å². The summed E-state index contributed by atoms with van der Waals surface area (Å²) in [5.41, 5.74) is 0. The smallest absolute Gasteiger partial charge is 0.234 e. The number of hydrogen-bond donors (Lipinski definition) is 1. The largest absolute Gasteiger partial charge is 0.345 e. The molecule has 0 aromatic carbocycles. The summed E-state index contributed by atoms with van der Waals surface area (Å²) < 4.78 is 0. The van der Waals surface area contributed by atoms with Crippen LogP contribution in [0, 0.1) is 11.8 Å². The number of hydrogen-bond acceptors (Lipinski definition) is 4. The third-order valence-corrected chi connectivity index (χ3v) is 3.28. The number of Topliss-reactive ketones (excluding diaryl/α,β-unsaturated/α-hetero) is 1. The predicted octanol–water partition coefficient (Wildman–Crippen LogP) is 1.24. The summed E-state index contributed by atoms with van der Waals surface area (Å²) in [5.74, 6) is 0.575. The van der Waals surface area contributed by atoms with Gasteiger partial charge in [0.2, 0.25) is 5.91 Å². The van der Waals surface area contributed by atoms with Gasteiger partial charge in [0.15, 0.2) is 5.78 Å². The van der Waals surface area contributed by atoms with E-state index in [9.17, 15) is 9.59 Å². The maximum Gasteiger partial charge on any atom is 0.234 e. The van der Waals surface area contributed by atoms with Gasteiger partial charge in [-0.1, -0.05) is 27.7 Å². The first-order valence-corrected chi connectivity index (χ1v) is 7.80. The Kier molecular flexibility index (Phi) is 9.46. The third-order valence-electron chi connectivity index (χ3n) is 3.28. The van der Waals surface area contributed by atoms with Crippen LogP contribution in [0.4, 0.5) is 0 Å². The van der Waals surface area contributed by atoms with Gasteiger partial charge in [-0.25, -0.2) is 0 Å². The highest BCUT2D eigenvalue weighted by atomic mass is 16.2. The molecule has 0 aliphatic heterocycles. The summed E-state index contributed by atoms with van der Waals surface area (Å²) in [7, 11) is 4.05. The van der Waals surface area contributed by atoms with Crippen LogP contribution in [0.1, 0.15) is 34.6 Å². The molecule has 0 heterocycles. The Morgan fingerprint density at radius 1 is 1.05 bits per heavy atom. The van der Waals surface area contributed by atoms with Crippen molar-refractivity contribution < 1.29 is 9.59 Å². The Hall–Kier alpha value is -0.940. The van der Waals surface area contributed by atoms with E-state index in [0.29, 0.717) is 12.5 Å². The topological polar surface area (TPSA) is 52.7 Å². The van der Waals surface area contributed by atoms with Gasteiger partial charge in [-0.05, 0) is 32.9 Å². The van der Waals surface area contributed by atoms with Crippen LogP contribution in [0.5, 0.6) is 0 Å². The molecule has 0 aromatic heterocycles. The van der Waals surface area contributed by atoms with E-state index in [-0.39, 0.29) is 23.7 Å². The molecule has 5 nitrogen and oxygen atoms in total. The number of rotatable bonds is 10. The third kappa shape index (κ3) is 9.58. The van der Waals surface area contributed by atoms with Gasteiger partial charge in [-0.2, -0.15) is 0 Å². The standard InChI is InChI=1S/C16H33N3O2/c1-12(2)10-19(9-8-18(6)7)11-15(21)17-16(13(3)4)14(5)20/h12-13,16H,8-11H2,1-7H3,(H,17,21). The molecule has 1 N–H and O–H groups in total. The average molecular weight is 299 g/mol. The van der Waals surface area contributed by atoms with Crippen LogP contribution in [0.2, 0.25) is 0 Å². The SMILES string of the molecule is CC(=O)C(NC(=O)CN(CCN(C)C)CC(C)C)C(C)C. The molecule has 0 aromatic rings. The summed E-state index contributed by atoms with van der Waals surface area (Å²) in [6.07, 6.45) is 0. The highest BCUT2D eigenvalue weighted by Crippen LogP contribution is 2.04. The second kappa shape index (κ2) is 9.90. The molecular weight excluding hydrogens is 266 g/mol. The van der Waals surface area contributed by atoms with Crippen molar-refractivity contribution in [3.8, 4) is 0 Å². The van der Waals surface area contributed by atoms with Crippen LogP contribution in [0.3, 0.4) is 0 Å². The van der Waals surface area contributed by atoms with Gasteiger partial charge in [-0.15, -0.1) is 0 Å². The molecule has 0 saturated heterocycles. The number of carbonyl (C=O) groups is 2. The lowest BCUT2D eigenvalue weighted by Crippen LogP contribution is -2.48. The molecule has 0 bridgehead atoms. The van der Waals surface area contributed by atoms with E-state index in [2.05, 4.69) is 29.0 Å². The van der Waals surface area contributed by atoms with Crippen LogP contribution in [0.25, 0.3) is 0 Å². The number of nitrogens with one attached hydrogen (secondary N) is 1. The van der Waals surface area contributed by atoms with Gasteiger partial charge in [0.1, 0.15) is 0 Å². The Labute approximate surface area is 130 Å². The molecule has 124 valence electrons. The summed E-state index contributed by atoms with van der Waals surface area (Å²) >= 11 is 0. The van der Waals surface area contributed by atoms with Crippen molar-refractivity contribution in [1.82, 2.24) is 15.1 Å². The molecule has 0 saturated carbocycles. The van der Waals surface area contributed by atoms with E-state index in [1.807, 2.05) is 27.9 Å². The van der Waals surface area contributed by atoms with Gasteiger partial charge in [0, 0.05) is 19.6 Å². The van der Waals surface area contributed by atoms with Crippen molar-refractivity contribution in [3.05, 3.63) is 0 Å². The second-order valence-electron chi connectivity index (χ2n) is 6.83. The quantitative estimate of drug-likeness (QED) is 0.659. The molecule has 1 atom stereocenters. The summed E-state index contributed by atoms with van der Waals surface area (Å²) in [4.78, 5) is 28.0. The average Bonchev–Trinajstić information content (AvgIpc) is 2.31. The van der Waals surface area contributed by atoms with Crippen LogP contribution >= 0.6 is 0 Å². The second-order valence-corrected chi connectivity index (χ2v) is 6.83. The van der Waals surface area contributed by atoms with E-state index in [1.165, 1.54) is 6.92 Å². The maximum absolute atomic E-state index is 12.2. The first-order chi connectivity index (χ1) is 9.63. The normalized spacial score (nSPS) is 13.3. The summed E-state index contributed by atoms with van der Waals surface area (Å²) in [6.45, 7) is 12.7. The minimum absolute atomic E-state index is 0.0158. The molecule has 0 aliphatic rings. The van der Waals surface area contributed by atoms with E-state index < -0.39 is 0 Å². The van der Waals surface area contributed by atoms with E-state index in [1.54, 1.807) is 0 Å². The summed E-state index contributed by atoms with van der Waals surface area (Å²) in [6, 6.07) is -0.382. The lowest BCUT2D eigenvalue weighted by atomic mass is 10.0. The Bertz CT molecular complexity index is 327. The van der Waals surface area contributed by atoms with Gasteiger partial charge >= 0.3 is 0 Å². The minimum atomic E-state index is -0.382. The highest BCUT2D eigenvalue weighted by molar-refractivity contribution is 5.88. The zero-order valence-electron chi connectivity index (χ0n) is 14.8. The van der Waals surface area contributed by atoms with Crippen molar-refractivity contribution in [2.75, 3.05) is 40.3 Å². The van der Waals surface area contributed by atoms with Crippen LogP contribution < -0.4 is 5.32 Å². The molecule has 0 radical (unpaired) electrons. The lowest BCUT2D eigenvalue weighted by Gasteiger charge is -2.27. The number of carbonyl (C=O) groups excluding carboxylic acids is 2. The molecule has 0 rings (SSSR count). The Morgan fingerprint density at radius 2 is 1.62 bits per heavy atom. The fraction of sp³-hybridized carbons (Fsp3) is 0.875. The number of likely N-dealkylation sites (N-methyl/N-ethyl adjacent to an activating group) is 1. The molecule has 0 aliphatic carbocycles. The molecule has 1 unspecified atom stereocenters. The number of amides is 1. The zero-order chi connectivity index (χ0) is 16.6. The zero-order valence-corrected chi connectivity index (χ0v) is 14.8. The molecule has 5 heteroatoms. The molecular formula is C16H33N3O2. The van der Waals surface area contributed by atoms with Gasteiger partial charge in [0.25, 0.3) is 0 Å².